The maximum atomic E-state index is 13.2. The number of thiol groups is 1. The van der Waals surface area contributed by atoms with Gasteiger partial charge in [-0.15, -0.1) is 0 Å². The van der Waals surface area contributed by atoms with Gasteiger partial charge in [-0.05, 0) is 48.4 Å². The number of aromatic hydroxyl groups is 3. The summed E-state index contributed by atoms with van der Waals surface area (Å²) in [6.45, 7) is 2.53. The van der Waals surface area contributed by atoms with E-state index in [-0.39, 0.29) is 35.8 Å². The number of phenolic OH excluding ortho intramolecular Hbond substituents is 3. The van der Waals surface area contributed by atoms with Gasteiger partial charge in [0, 0.05) is 18.6 Å². The third-order valence-electron chi connectivity index (χ3n) is 5.29. The topological polar surface area (TPSA) is 174 Å². The van der Waals surface area contributed by atoms with Crippen molar-refractivity contribution in [2.75, 3.05) is 12.3 Å². The third kappa shape index (κ3) is 8.69. The molecule has 0 saturated carbocycles. The Morgan fingerprint density at radius 3 is 2.00 bits per heavy atom. The normalized spacial score (nSPS) is 13.4. The first-order chi connectivity index (χ1) is 16.6. The van der Waals surface area contributed by atoms with Gasteiger partial charge in [0.05, 0.1) is 6.04 Å². The van der Waals surface area contributed by atoms with Crippen LogP contribution >= 0.6 is 12.6 Å². The molecule has 0 aliphatic heterocycles. The van der Waals surface area contributed by atoms with Gasteiger partial charge in [0.15, 0.2) is 11.5 Å². The van der Waals surface area contributed by atoms with Crippen LogP contribution in [-0.4, -0.2) is 63.5 Å². The Morgan fingerprint density at radius 2 is 1.43 bits per heavy atom. The van der Waals surface area contributed by atoms with Crippen LogP contribution in [0.5, 0.6) is 17.2 Å². The quantitative estimate of drug-likeness (QED) is 0.143. The van der Waals surface area contributed by atoms with E-state index in [1.807, 2.05) is 6.92 Å². The Morgan fingerprint density at radius 1 is 0.857 bits per heavy atom. The minimum Gasteiger partial charge on any atom is -0.508 e. The molecule has 0 saturated heterocycles. The van der Waals surface area contributed by atoms with Crippen molar-refractivity contribution < 1.29 is 29.7 Å². The number of carbonyl (C=O) groups excluding carboxylic acids is 3. The smallest absolute Gasteiger partial charge is 0.243 e. The van der Waals surface area contributed by atoms with Crippen LogP contribution in [0.25, 0.3) is 0 Å². The fraction of sp³-hybridized carbons (Fsp3) is 0.375. The first-order valence-electron chi connectivity index (χ1n) is 11.2. The highest BCUT2D eigenvalue weighted by Gasteiger charge is 2.28. The second-order valence-electron chi connectivity index (χ2n) is 8.11. The molecule has 2 aromatic rings. The zero-order valence-electron chi connectivity index (χ0n) is 19.4. The van der Waals surface area contributed by atoms with Crippen molar-refractivity contribution in [3.05, 3.63) is 53.6 Å². The zero-order chi connectivity index (χ0) is 26.0. The number of hydrogen-bond acceptors (Lipinski definition) is 8. The highest BCUT2D eigenvalue weighted by Crippen LogP contribution is 2.25. The first kappa shape index (κ1) is 27.8. The third-order valence-corrected chi connectivity index (χ3v) is 5.65. The van der Waals surface area contributed by atoms with Gasteiger partial charge in [0.2, 0.25) is 17.7 Å². The van der Waals surface area contributed by atoms with E-state index in [0.717, 1.165) is 6.42 Å². The SMILES string of the molecule is CCCN[C@@H](CS)C(=O)N[C@@H](Cc1ccc(O)c(O)c1)C(=O)N[C@@H](Cc1ccc(O)cc1)C(N)=O. The molecule has 3 amide bonds. The van der Waals surface area contributed by atoms with Crippen LogP contribution in [0.1, 0.15) is 24.5 Å². The van der Waals surface area contributed by atoms with Gasteiger partial charge >= 0.3 is 0 Å². The lowest BCUT2D eigenvalue weighted by molar-refractivity contribution is -0.131. The molecule has 0 aromatic heterocycles. The zero-order valence-corrected chi connectivity index (χ0v) is 20.3. The van der Waals surface area contributed by atoms with Gasteiger partial charge in [-0.2, -0.15) is 12.6 Å². The molecule has 0 aliphatic rings. The number of nitrogens with two attached hydrogens (primary N) is 1. The van der Waals surface area contributed by atoms with E-state index in [1.54, 1.807) is 12.1 Å². The summed E-state index contributed by atoms with van der Waals surface area (Å²) in [6, 6.07) is 7.36. The predicted molar refractivity (Wildman–Crippen MR) is 134 cm³/mol. The Bertz CT molecular complexity index is 1020. The van der Waals surface area contributed by atoms with E-state index < -0.39 is 35.8 Å². The van der Waals surface area contributed by atoms with Crippen LogP contribution in [0.2, 0.25) is 0 Å². The van der Waals surface area contributed by atoms with Crippen LogP contribution in [-0.2, 0) is 27.2 Å². The number of benzene rings is 2. The van der Waals surface area contributed by atoms with Crippen molar-refractivity contribution in [2.24, 2.45) is 5.73 Å². The number of carbonyl (C=O) groups is 3. The van der Waals surface area contributed by atoms with Crippen LogP contribution in [0.15, 0.2) is 42.5 Å². The number of phenols is 3. The lowest BCUT2D eigenvalue weighted by Crippen LogP contribution is -2.57. The highest BCUT2D eigenvalue weighted by atomic mass is 32.1. The Kier molecular flexibility index (Phi) is 10.7. The molecule has 0 heterocycles. The van der Waals surface area contributed by atoms with Gasteiger partial charge in [-0.3, -0.25) is 14.4 Å². The van der Waals surface area contributed by atoms with Crippen LogP contribution in [0, 0.1) is 0 Å². The van der Waals surface area contributed by atoms with Gasteiger partial charge in [-0.25, -0.2) is 0 Å². The minimum atomic E-state index is -1.11. The molecule has 8 N–H and O–H groups in total. The van der Waals surface area contributed by atoms with Gasteiger partial charge in [0.25, 0.3) is 0 Å². The largest absolute Gasteiger partial charge is 0.508 e. The first-order valence-corrected chi connectivity index (χ1v) is 11.8. The summed E-state index contributed by atoms with van der Waals surface area (Å²) in [7, 11) is 0. The molecule has 0 fully saturated rings. The van der Waals surface area contributed by atoms with E-state index >= 15 is 0 Å². The number of rotatable bonds is 13. The van der Waals surface area contributed by atoms with Crippen molar-refractivity contribution in [3.8, 4) is 17.2 Å². The van der Waals surface area contributed by atoms with Gasteiger partial charge in [0.1, 0.15) is 17.8 Å². The molecule has 11 heteroatoms. The summed E-state index contributed by atoms with van der Waals surface area (Å²) in [5.41, 5.74) is 6.64. The summed E-state index contributed by atoms with van der Waals surface area (Å²) in [5, 5.41) is 37.2. The molecule has 190 valence electrons. The average Bonchev–Trinajstić information content (AvgIpc) is 2.82. The van der Waals surface area contributed by atoms with Gasteiger partial charge < -0.3 is 37.0 Å². The van der Waals surface area contributed by atoms with E-state index in [2.05, 4.69) is 28.6 Å². The monoisotopic (exact) mass is 504 g/mol. The molecule has 0 spiro atoms. The molecule has 2 aromatic carbocycles. The fourth-order valence-corrected chi connectivity index (χ4v) is 3.63. The molecular formula is C24H32N4O6S. The lowest BCUT2D eigenvalue weighted by atomic mass is 10.0. The van der Waals surface area contributed by atoms with Crippen LogP contribution in [0.3, 0.4) is 0 Å². The van der Waals surface area contributed by atoms with E-state index in [9.17, 15) is 29.7 Å². The summed E-state index contributed by atoms with van der Waals surface area (Å²) >= 11 is 4.21. The summed E-state index contributed by atoms with van der Waals surface area (Å²) in [6.07, 6.45) is 0.855. The standard InChI is InChI=1S/C24H32N4O6S/c1-2-9-26-19(13-35)24(34)28-18(11-15-5-8-20(30)21(31)12-15)23(33)27-17(22(25)32)10-14-3-6-16(29)7-4-14/h3-8,12,17-19,26,29-31,35H,2,9-11,13H2,1H3,(H2,25,32)(H,27,33)(H,28,34)/t17-,18-,19-/m0/s1. The van der Waals surface area contributed by atoms with E-state index in [0.29, 0.717) is 17.7 Å². The maximum Gasteiger partial charge on any atom is 0.243 e. The average molecular weight is 505 g/mol. The highest BCUT2D eigenvalue weighted by molar-refractivity contribution is 7.80. The molecule has 0 radical (unpaired) electrons. The summed E-state index contributed by atoms with van der Waals surface area (Å²) < 4.78 is 0. The molecule has 35 heavy (non-hydrogen) atoms. The van der Waals surface area contributed by atoms with Crippen molar-refractivity contribution >= 4 is 30.4 Å². The van der Waals surface area contributed by atoms with Crippen LogP contribution < -0.4 is 21.7 Å². The van der Waals surface area contributed by atoms with Crippen molar-refractivity contribution in [2.45, 2.75) is 44.3 Å². The van der Waals surface area contributed by atoms with Crippen molar-refractivity contribution in [3.63, 3.8) is 0 Å². The van der Waals surface area contributed by atoms with Crippen molar-refractivity contribution in [1.29, 1.82) is 0 Å². The minimum absolute atomic E-state index is 0.0246. The Labute approximate surface area is 209 Å². The molecule has 3 atom stereocenters. The lowest BCUT2D eigenvalue weighted by Gasteiger charge is -2.24. The fourth-order valence-electron chi connectivity index (χ4n) is 3.33. The number of primary amides is 1. The van der Waals surface area contributed by atoms with E-state index in [1.165, 1.54) is 30.3 Å². The number of nitrogens with one attached hydrogen (secondary N) is 3. The summed E-state index contributed by atoms with van der Waals surface area (Å²) in [4.78, 5) is 38.1. The van der Waals surface area contributed by atoms with Crippen LogP contribution in [0.4, 0.5) is 0 Å². The number of hydrogen-bond donors (Lipinski definition) is 8. The molecule has 0 unspecified atom stereocenters. The van der Waals surface area contributed by atoms with Gasteiger partial charge in [-0.1, -0.05) is 25.1 Å². The predicted octanol–water partition coefficient (Wildman–Crippen LogP) is 0.341. The molecule has 10 nitrogen and oxygen atoms in total. The Balaban J connectivity index is 2.23. The van der Waals surface area contributed by atoms with Crippen molar-refractivity contribution in [1.82, 2.24) is 16.0 Å². The molecule has 0 aliphatic carbocycles. The van der Waals surface area contributed by atoms with E-state index in [4.69, 9.17) is 5.73 Å². The second kappa shape index (κ2) is 13.4. The molecule has 0 bridgehead atoms. The second-order valence-corrected chi connectivity index (χ2v) is 8.48. The number of amides is 3. The molecule has 2 rings (SSSR count). The summed E-state index contributed by atoms with van der Waals surface area (Å²) in [5.74, 6) is -2.30. The maximum absolute atomic E-state index is 13.2. The Hall–Kier alpha value is -3.44. The molecular weight excluding hydrogens is 472 g/mol.